The van der Waals surface area contributed by atoms with Crippen molar-refractivity contribution in [2.75, 3.05) is 5.75 Å². The molecule has 1 aromatic heterocycles. The van der Waals surface area contributed by atoms with Gasteiger partial charge in [-0.25, -0.2) is 4.98 Å². The van der Waals surface area contributed by atoms with Gasteiger partial charge in [0.15, 0.2) is 0 Å². The number of thioether (sulfide) groups is 1. The van der Waals surface area contributed by atoms with E-state index in [4.69, 9.17) is 11.0 Å². The van der Waals surface area contributed by atoms with Crippen LogP contribution in [0, 0.1) is 18.3 Å². The highest BCUT2D eigenvalue weighted by atomic mass is 32.2. The number of carbonyl (C=O) groups excluding carboxylic acids is 1. The number of aryl methyl sites for hydroxylation is 1. The van der Waals surface area contributed by atoms with Gasteiger partial charge in [-0.15, -0.1) is 11.3 Å². The Bertz CT molecular complexity index is 409. The molecule has 1 aromatic rings. The van der Waals surface area contributed by atoms with Gasteiger partial charge in [-0.3, -0.25) is 4.79 Å². The molecule has 0 bridgehead atoms. The number of thiazole rings is 1. The van der Waals surface area contributed by atoms with Gasteiger partial charge in [0.1, 0.15) is 4.34 Å². The lowest BCUT2D eigenvalue weighted by molar-refractivity contribution is -0.117. The lowest BCUT2D eigenvalue weighted by Gasteiger charge is -1.92. The number of hydrogen-bond donors (Lipinski definition) is 1. The zero-order valence-corrected chi connectivity index (χ0v) is 10.7. The Morgan fingerprint density at radius 3 is 3.06 bits per heavy atom. The van der Waals surface area contributed by atoms with Crippen LogP contribution in [0.25, 0.3) is 0 Å². The number of nitrogens with two attached hydrogens (primary N) is 1. The zero-order chi connectivity index (χ0) is 12.0. The highest BCUT2D eigenvalue weighted by molar-refractivity contribution is 8.01. The fourth-order valence-electron chi connectivity index (χ4n) is 1.10. The second kappa shape index (κ2) is 6.51. The van der Waals surface area contributed by atoms with Crippen molar-refractivity contribution in [1.29, 1.82) is 5.26 Å². The third kappa shape index (κ3) is 4.21. The van der Waals surface area contributed by atoms with Crippen molar-refractivity contribution in [2.24, 2.45) is 5.73 Å². The van der Waals surface area contributed by atoms with Crippen LogP contribution in [0.2, 0.25) is 0 Å². The molecule has 0 aliphatic carbocycles. The van der Waals surface area contributed by atoms with Crippen molar-refractivity contribution >= 4 is 29.0 Å². The SMILES string of the molecule is Cc1nc(SCCCC#N)sc1CC(N)=O. The third-order valence-electron chi connectivity index (χ3n) is 1.87. The largest absolute Gasteiger partial charge is 0.369 e. The van der Waals surface area contributed by atoms with Crippen molar-refractivity contribution in [2.45, 2.75) is 30.5 Å². The molecule has 0 unspecified atom stereocenters. The smallest absolute Gasteiger partial charge is 0.222 e. The molecule has 16 heavy (non-hydrogen) atoms. The van der Waals surface area contributed by atoms with Crippen LogP contribution >= 0.6 is 23.1 Å². The lowest BCUT2D eigenvalue weighted by Crippen LogP contribution is -2.13. The Labute approximate surface area is 103 Å². The van der Waals surface area contributed by atoms with Crippen molar-refractivity contribution < 1.29 is 4.79 Å². The molecule has 1 heterocycles. The van der Waals surface area contributed by atoms with Crippen molar-refractivity contribution in [3.8, 4) is 6.07 Å². The summed E-state index contributed by atoms with van der Waals surface area (Å²) >= 11 is 3.14. The lowest BCUT2D eigenvalue weighted by atomic mass is 10.3. The van der Waals surface area contributed by atoms with Gasteiger partial charge in [0.25, 0.3) is 0 Å². The van der Waals surface area contributed by atoms with Gasteiger partial charge in [0.2, 0.25) is 5.91 Å². The second-order valence-electron chi connectivity index (χ2n) is 3.24. The summed E-state index contributed by atoms with van der Waals surface area (Å²) in [4.78, 5) is 16.1. The number of nitrogens with zero attached hydrogens (tertiary/aromatic N) is 2. The van der Waals surface area contributed by atoms with Gasteiger partial charge in [-0.2, -0.15) is 5.26 Å². The number of unbranched alkanes of at least 4 members (excludes halogenated alkanes) is 1. The molecule has 1 rings (SSSR count). The Morgan fingerprint density at radius 2 is 2.44 bits per heavy atom. The van der Waals surface area contributed by atoms with Crippen LogP contribution in [0.15, 0.2) is 4.34 Å². The van der Waals surface area contributed by atoms with E-state index < -0.39 is 0 Å². The first-order chi connectivity index (χ1) is 7.63. The highest BCUT2D eigenvalue weighted by Gasteiger charge is 2.09. The molecule has 0 saturated carbocycles. The maximum Gasteiger partial charge on any atom is 0.222 e. The normalized spacial score (nSPS) is 10.0. The maximum absolute atomic E-state index is 10.8. The molecule has 0 aliphatic rings. The average Bonchev–Trinajstić information content (AvgIpc) is 2.54. The molecule has 6 heteroatoms. The van der Waals surface area contributed by atoms with Crippen molar-refractivity contribution in [3.05, 3.63) is 10.6 Å². The van der Waals surface area contributed by atoms with E-state index in [0.717, 1.165) is 27.1 Å². The van der Waals surface area contributed by atoms with Crippen LogP contribution in [0.5, 0.6) is 0 Å². The molecule has 0 aromatic carbocycles. The van der Waals surface area contributed by atoms with E-state index in [9.17, 15) is 4.79 Å². The van der Waals surface area contributed by atoms with Gasteiger partial charge in [0.05, 0.1) is 18.2 Å². The molecule has 0 saturated heterocycles. The van der Waals surface area contributed by atoms with Crippen LogP contribution in [-0.2, 0) is 11.2 Å². The van der Waals surface area contributed by atoms with Crippen LogP contribution in [-0.4, -0.2) is 16.6 Å². The summed E-state index contributed by atoms with van der Waals surface area (Å²) in [7, 11) is 0. The van der Waals surface area contributed by atoms with Gasteiger partial charge >= 0.3 is 0 Å². The molecular weight excluding hydrogens is 242 g/mol. The highest BCUT2D eigenvalue weighted by Crippen LogP contribution is 2.28. The molecular formula is C10H13N3OS2. The van der Waals surface area contributed by atoms with E-state index >= 15 is 0 Å². The van der Waals surface area contributed by atoms with E-state index in [0.29, 0.717) is 6.42 Å². The fourth-order valence-corrected chi connectivity index (χ4v) is 3.35. The number of rotatable bonds is 6. The topological polar surface area (TPSA) is 79.8 Å². The molecule has 0 atom stereocenters. The minimum atomic E-state index is -0.326. The van der Waals surface area contributed by atoms with Crippen LogP contribution < -0.4 is 5.73 Å². The number of carbonyl (C=O) groups is 1. The number of nitriles is 1. The van der Waals surface area contributed by atoms with Gasteiger partial charge in [-0.05, 0) is 13.3 Å². The van der Waals surface area contributed by atoms with E-state index in [1.165, 1.54) is 11.3 Å². The summed E-state index contributed by atoms with van der Waals surface area (Å²) in [6.45, 7) is 1.88. The van der Waals surface area contributed by atoms with Crippen LogP contribution in [0.4, 0.5) is 0 Å². The zero-order valence-electron chi connectivity index (χ0n) is 9.02. The van der Waals surface area contributed by atoms with Crippen LogP contribution in [0.1, 0.15) is 23.4 Å². The van der Waals surface area contributed by atoms with E-state index in [-0.39, 0.29) is 12.3 Å². The second-order valence-corrected chi connectivity index (χ2v) is 5.67. The average molecular weight is 255 g/mol. The summed E-state index contributed by atoms with van der Waals surface area (Å²) in [5.41, 5.74) is 6.02. The first-order valence-corrected chi connectivity index (χ1v) is 6.68. The molecule has 0 aliphatic heterocycles. The number of aromatic nitrogens is 1. The van der Waals surface area contributed by atoms with E-state index in [2.05, 4.69) is 11.1 Å². The summed E-state index contributed by atoms with van der Waals surface area (Å²) in [5.74, 6) is 0.559. The Morgan fingerprint density at radius 1 is 1.69 bits per heavy atom. The molecule has 0 fully saturated rings. The molecule has 86 valence electrons. The fraction of sp³-hybridized carbons (Fsp3) is 0.500. The third-order valence-corrected chi connectivity index (χ3v) is 4.25. The Kier molecular flexibility index (Phi) is 5.29. The van der Waals surface area contributed by atoms with Crippen molar-refractivity contribution in [1.82, 2.24) is 4.98 Å². The van der Waals surface area contributed by atoms with Gasteiger partial charge in [-0.1, -0.05) is 11.8 Å². The molecule has 2 N–H and O–H groups in total. The summed E-state index contributed by atoms with van der Waals surface area (Å²) in [5, 5.41) is 8.39. The predicted molar refractivity (Wildman–Crippen MR) is 65.3 cm³/mol. The predicted octanol–water partition coefficient (Wildman–Crippen LogP) is 1.88. The Hall–Kier alpha value is -1.06. The Balaban J connectivity index is 2.49. The monoisotopic (exact) mass is 255 g/mol. The molecule has 0 spiro atoms. The minimum Gasteiger partial charge on any atom is -0.369 e. The first kappa shape index (κ1) is 13.0. The van der Waals surface area contributed by atoms with Crippen LogP contribution in [0.3, 0.4) is 0 Å². The maximum atomic E-state index is 10.8. The van der Waals surface area contributed by atoms with Gasteiger partial charge in [0, 0.05) is 17.1 Å². The first-order valence-electron chi connectivity index (χ1n) is 4.88. The van der Waals surface area contributed by atoms with Gasteiger partial charge < -0.3 is 5.73 Å². The standard InChI is InChI=1S/C10H13N3OS2/c1-7-8(6-9(12)14)16-10(13-7)15-5-3-2-4-11/h2-3,5-6H2,1H3,(H2,12,14). The summed E-state index contributed by atoms with van der Waals surface area (Å²) in [6, 6.07) is 2.11. The quantitative estimate of drug-likeness (QED) is 0.621. The molecule has 0 radical (unpaired) electrons. The molecule has 4 nitrogen and oxygen atoms in total. The number of primary amides is 1. The van der Waals surface area contributed by atoms with E-state index in [1.807, 2.05) is 6.92 Å². The number of amides is 1. The van der Waals surface area contributed by atoms with E-state index in [1.54, 1.807) is 11.8 Å². The minimum absolute atomic E-state index is 0.266. The summed E-state index contributed by atoms with van der Waals surface area (Å²) < 4.78 is 0.951. The number of hydrogen-bond acceptors (Lipinski definition) is 5. The van der Waals surface area contributed by atoms with Crippen molar-refractivity contribution in [3.63, 3.8) is 0 Å². The summed E-state index contributed by atoms with van der Waals surface area (Å²) in [6.07, 6.45) is 1.71. The molecule has 1 amide bonds.